The standard InChI is InChI=1S/C27H29N5O5/c33-23(32-18-4-2-15-11-16(24(34)35)1-3-17(15)18)22-21-20(30-14-31-22)19(12-28-21)29-13-26-5-8-27(9-6-26,10-7-26)25(36)37/h1,3,11-12,14,18,28-29H,2,4-10,13H2,(H,32,33)(H,34,35)(H,36,37)/t18-,26?,27?/m0/s1. The first-order valence-electron chi connectivity index (χ1n) is 12.8. The monoisotopic (exact) mass is 503 g/mol. The summed E-state index contributed by atoms with van der Waals surface area (Å²) in [6.07, 6.45) is 9.46. The third-order valence-corrected chi connectivity index (χ3v) is 8.96. The van der Waals surface area contributed by atoms with Crippen LogP contribution in [0.25, 0.3) is 11.0 Å². The molecule has 37 heavy (non-hydrogen) atoms. The first kappa shape index (κ1) is 23.4. The number of benzene rings is 1. The average molecular weight is 504 g/mol. The zero-order valence-electron chi connectivity index (χ0n) is 20.3. The Morgan fingerprint density at radius 3 is 2.51 bits per heavy atom. The van der Waals surface area contributed by atoms with Crippen molar-refractivity contribution in [3.8, 4) is 0 Å². The summed E-state index contributed by atoms with van der Waals surface area (Å²) in [6.45, 7) is 0.734. The van der Waals surface area contributed by atoms with E-state index in [0.29, 0.717) is 23.9 Å². The molecular weight excluding hydrogens is 474 g/mol. The van der Waals surface area contributed by atoms with Crippen LogP contribution in [0.15, 0.2) is 30.7 Å². The number of nitrogens with zero attached hydrogens (tertiary/aromatic N) is 2. The largest absolute Gasteiger partial charge is 0.481 e. The molecule has 0 aliphatic heterocycles. The fourth-order valence-electron chi connectivity index (χ4n) is 6.51. The predicted molar refractivity (Wildman–Crippen MR) is 135 cm³/mol. The molecule has 0 saturated heterocycles. The number of carboxylic acid groups (broad SMARTS) is 2. The van der Waals surface area contributed by atoms with Crippen LogP contribution >= 0.6 is 0 Å². The number of carboxylic acids is 2. The van der Waals surface area contributed by atoms with Crippen LogP contribution in [0.1, 0.15) is 83.0 Å². The lowest BCUT2D eigenvalue weighted by Crippen LogP contribution is -2.48. The predicted octanol–water partition coefficient (Wildman–Crippen LogP) is 3.91. The molecule has 3 fully saturated rings. The second-order valence-electron chi connectivity index (χ2n) is 10.9. The lowest BCUT2D eigenvalue weighted by molar-refractivity contribution is -0.158. The van der Waals surface area contributed by atoms with Crippen molar-refractivity contribution in [2.24, 2.45) is 10.8 Å². The van der Waals surface area contributed by atoms with E-state index in [1.165, 1.54) is 6.33 Å². The number of aryl methyl sites for hydroxylation is 1. The Labute approximate surface area is 212 Å². The maximum absolute atomic E-state index is 13.2. The molecule has 4 aliphatic carbocycles. The highest BCUT2D eigenvalue weighted by Gasteiger charge is 2.52. The summed E-state index contributed by atoms with van der Waals surface area (Å²) >= 11 is 0. The van der Waals surface area contributed by atoms with E-state index in [4.69, 9.17) is 0 Å². The summed E-state index contributed by atoms with van der Waals surface area (Å²) < 4.78 is 0. The Morgan fingerprint density at radius 1 is 1.05 bits per heavy atom. The van der Waals surface area contributed by atoms with E-state index >= 15 is 0 Å². The lowest BCUT2D eigenvalue weighted by Gasteiger charge is -2.51. The van der Waals surface area contributed by atoms with Crippen LogP contribution in [0.5, 0.6) is 0 Å². The van der Waals surface area contributed by atoms with Crippen LogP contribution in [0.4, 0.5) is 5.69 Å². The highest BCUT2D eigenvalue weighted by Crippen LogP contribution is 2.57. The number of rotatable bonds is 7. The number of carbonyl (C=O) groups excluding carboxylic acids is 1. The van der Waals surface area contributed by atoms with Crippen molar-refractivity contribution in [2.45, 2.75) is 57.4 Å². The van der Waals surface area contributed by atoms with Crippen molar-refractivity contribution in [1.29, 1.82) is 0 Å². The van der Waals surface area contributed by atoms with E-state index in [1.54, 1.807) is 24.4 Å². The maximum atomic E-state index is 13.2. The molecule has 3 saturated carbocycles. The molecule has 7 rings (SSSR count). The topological polar surface area (TPSA) is 157 Å². The first-order chi connectivity index (χ1) is 17.8. The minimum atomic E-state index is -0.963. The summed E-state index contributed by atoms with van der Waals surface area (Å²) in [4.78, 5) is 48.0. The van der Waals surface area contributed by atoms with Crippen LogP contribution in [-0.2, 0) is 11.2 Å². The number of amides is 1. The van der Waals surface area contributed by atoms with E-state index in [-0.39, 0.29) is 28.6 Å². The molecule has 2 bridgehead atoms. The number of hydrogen-bond acceptors (Lipinski definition) is 6. The molecule has 2 heterocycles. The highest BCUT2D eigenvalue weighted by molar-refractivity contribution is 6.05. The molecule has 4 aliphatic rings. The van der Waals surface area contributed by atoms with Crippen molar-refractivity contribution in [1.82, 2.24) is 20.3 Å². The number of aromatic nitrogens is 3. The molecule has 0 radical (unpaired) electrons. The number of nitrogens with one attached hydrogen (secondary N) is 3. The molecule has 0 spiro atoms. The van der Waals surface area contributed by atoms with Gasteiger partial charge in [0, 0.05) is 12.7 Å². The third-order valence-electron chi connectivity index (χ3n) is 8.96. The second kappa shape index (κ2) is 8.57. The van der Waals surface area contributed by atoms with Gasteiger partial charge in [-0.05, 0) is 80.0 Å². The molecule has 192 valence electrons. The molecule has 2 aromatic heterocycles. The van der Waals surface area contributed by atoms with Gasteiger partial charge in [-0.15, -0.1) is 0 Å². The number of aromatic carboxylic acids is 1. The van der Waals surface area contributed by atoms with E-state index in [0.717, 1.165) is 61.9 Å². The Bertz CT molecular complexity index is 1410. The van der Waals surface area contributed by atoms with Crippen molar-refractivity contribution in [3.63, 3.8) is 0 Å². The smallest absolute Gasteiger partial charge is 0.335 e. The molecule has 1 aromatic carbocycles. The van der Waals surface area contributed by atoms with Crippen molar-refractivity contribution in [2.75, 3.05) is 11.9 Å². The zero-order valence-corrected chi connectivity index (χ0v) is 20.3. The summed E-state index contributed by atoms with van der Waals surface area (Å²) in [6, 6.07) is 4.81. The van der Waals surface area contributed by atoms with Crippen molar-refractivity contribution >= 4 is 34.6 Å². The minimum Gasteiger partial charge on any atom is -0.481 e. The number of H-pyrrole nitrogens is 1. The summed E-state index contributed by atoms with van der Waals surface area (Å²) in [7, 11) is 0. The van der Waals surface area contributed by atoms with Crippen LogP contribution in [0.2, 0.25) is 0 Å². The van der Waals surface area contributed by atoms with Gasteiger partial charge in [-0.3, -0.25) is 9.59 Å². The van der Waals surface area contributed by atoms with Gasteiger partial charge in [0.2, 0.25) is 0 Å². The normalized spacial score (nSPS) is 26.1. The van der Waals surface area contributed by atoms with E-state index in [2.05, 4.69) is 25.6 Å². The van der Waals surface area contributed by atoms with Crippen molar-refractivity contribution < 1.29 is 24.6 Å². The van der Waals surface area contributed by atoms with Crippen LogP contribution in [0, 0.1) is 10.8 Å². The fraction of sp³-hybridized carbons (Fsp3) is 0.444. The fourth-order valence-corrected chi connectivity index (χ4v) is 6.51. The van der Waals surface area contributed by atoms with Gasteiger partial charge >= 0.3 is 11.9 Å². The maximum Gasteiger partial charge on any atom is 0.335 e. The van der Waals surface area contributed by atoms with Gasteiger partial charge in [0.05, 0.1) is 28.2 Å². The van der Waals surface area contributed by atoms with Gasteiger partial charge in [0.15, 0.2) is 5.69 Å². The molecule has 0 unspecified atom stereocenters. The number of aliphatic carboxylic acids is 1. The van der Waals surface area contributed by atoms with Crippen LogP contribution in [-0.4, -0.2) is 49.6 Å². The SMILES string of the molecule is O=C(O)c1ccc2c(c1)CC[C@@H]2NC(=O)c1ncnc2c(NCC34CCC(C(=O)O)(CC3)CC4)c[nH]c12. The lowest BCUT2D eigenvalue weighted by atomic mass is 9.53. The summed E-state index contributed by atoms with van der Waals surface area (Å²) in [5.41, 5.74) is 3.93. The average Bonchev–Trinajstić information content (AvgIpc) is 3.52. The quantitative estimate of drug-likeness (QED) is 0.325. The number of anilines is 1. The molecule has 10 nitrogen and oxygen atoms in total. The zero-order chi connectivity index (χ0) is 25.8. The number of carbonyl (C=O) groups is 3. The molecule has 1 atom stereocenters. The molecule has 10 heteroatoms. The Balaban J connectivity index is 1.16. The Kier molecular flexibility index (Phi) is 5.43. The van der Waals surface area contributed by atoms with Gasteiger partial charge in [-0.25, -0.2) is 14.8 Å². The molecule has 5 N–H and O–H groups in total. The van der Waals surface area contributed by atoms with E-state index in [9.17, 15) is 24.6 Å². The molecule has 1 amide bonds. The van der Waals surface area contributed by atoms with Gasteiger partial charge in [0.25, 0.3) is 5.91 Å². The third kappa shape index (κ3) is 3.91. The second-order valence-corrected chi connectivity index (χ2v) is 10.9. The Hall–Kier alpha value is -3.95. The number of aromatic amines is 1. The minimum absolute atomic E-state index is 0.0877. The first-order valence-corrected chi connectivity index (χ1v) is 12.8. The molecular formula is C27H29N5O5. The van der Waals surface area contributed by atoms with Gasteiger partial charge in [0.1, 0.15) is 11.8 Å². The molecule has 3 aromatic rings. The Morgan fingerprint density at radius 2 is 1.81 bits per heavy atom. The summed E-state index contributed by atoms with van der Waals surface area (Å²) in [5, 5.41) is 25.5. The van der Waals surface area contributed by atoms with Crippen LogP contribution < -0.4 is 10.6 Å². The van der Waals surface area contributed by atoms with Crippen molar-refractivity contribution in [3.05, 3.63) is 53.1 Å². The van der Waals surface area contributed by atoms with Crippen LogP contribution in [0.3, 0.4) is 0 Å². The van der Waals surface area contributed by atoms with E-state index in [1.807, 2.05) is 0 Å². The summed E-state index contributed by atoms with van der Waals surface area (Å²) in [5.74, 6) is -1.93. The van der Waals surface area contributed by atoms with Gasteiger partial charge in [-0.2, -0.15) is 0 Å². The highest BCUT2D eigenvalue weighted by atomic mass is 16.4. The van der Waals surface area contributed by atoms with E-state index < -0.39 is 17.4 Å². The van der Waals surface area contributed by atoms with Gasteiger partial charge < -0.3 is 25.8 Å². The number of fused-ring (bicyclic) bond motifs is 5. The number of hydrogen-bond donors (Lipinski definition) is 5. The van der Waals surface area contributed by atoms with Gasteiger partial charge in [-0.1, -0.05) is 6.07 Å².